The normalized spacial score (nSPS) is 14.2. The average molecular weight is 523 g/mol. The number of nitrogens with one attached hydrogen (secondary N) is 3. The number of carbonyl (C=O) groups excluding carboxylic acids is 4. The van der Waals surface area contributed by atoms with Crippen molar-refractivity contribution in [1.29, 1.82) is 0 Å². The summed E-state index contributed by atoms with van der Waals surface area (Å²) in [4.78, 5) is 49.2. The van der Waals surface area contributed by atoms with Crippen LogP contribution in [0.1, 0.15) is 66.4 Å². The second-order valence-electron chi connectivity index (χ2n) is 10.2. The number of alkyl carbamates (subject to hydrolysis) is 1. The number of benzene rings is 1. The number of nitrogens with zero attached hydrogens (tertiary/aromatic N) is 1. The third-order valence-corrected chi connectivity index (χ3v) is 4.82. The van der Waals surface area contributed by atoms with Gasteiger partial charge in [0.05, 0.1) is 12.1 Å². The largest absolute Gasteiger partial charge is 0.445 e. The van der Waals surface area contributed by atoms with E-state index >= 15 is 0 Å². The van der Waals surface area contributed by atoms with E-state index in [9.17, 15) is 24.3 Å². The van der Waals surface area contributed by atoms with E-state index in [0.29, 0.717) is 18.5 Å². The molecule has 11 nitrogen and oxygen atoms in total. The molecule has 0 heterocycles. The van der Waals surface area contributed by atoms with Gasteiger partial charge in [-0.1, -0.05) is 32.4 Å². The molecule has 0 radical (unpaired) electrons. The van der Waals surface area contributed by atoms with Crippen molar-refractivity contribution in [3.63, 3.8) is 0 Å². The molecule has 0 aliphatic heterocycles. The van der Waals surface area contributed by atoms with Crippen molar-refractivity contribution in [2.75, 3.05) is 25.5 Å². The van der Waals surface area contributed by atoms with Crippen LogP contribution in [0.2, 0.25) is 0 Å². The van der Waals surface area contributed by atoms with Crippen LogP contribution in [0.25, 0.3) is 0 Å². The molecule has 11 heteroatoms. The van der Waals surface area contributed by atoms with Crippen LogP contribution in [0, 0.1) is 0 Å². The highest BCUT2D eigenvalue weighted by molar-refractivity contribution is 5.97. The minimum absolute atomic E-state index is 0.0485. The lowest BCUT2D eigenvalue weighted by atomic mass is 10.2. The van der Waals surface area contributed by atoms with E-state index in [-0.39, 0.29) is 19.7 Å². The van der Waals surface area contributed by atoms with E-state index in [4.69, 9.17) is 9.47 Å². The van der Waals surface area contributed by atoms with Crippen LogP contribution in [0.3, 0.4) is 0 Å². The number of rotatable bonds is 9. The third-order valence-electron chi connectivity index (χ3n) is 4.82. The van der Waals surface area contributed by atoms with Gasteiger partial charge in [-0.3, -0.25) is 9.59 Å². The quantitative estimate of drug-likeness (QED) is 0.390. The SMILES string of the molecule is CC(NC(=O)CNC(=O)OC(C)(C)C)C(=O)Nc1ccc(COC(=O)N(C)CC2(O)CC2)cc1.CCC. The van der Waals surface area contributed by atoms with Crippen molar-refractivity contribution in [1.82, 2.24) is 15.5 Å². The first-order chi connectivity index (χ1) is 17.2. The fourth-order valence-electron chi connectivity index (χ4n) is 2.82. The molecule has 4 amide bonds. The van der Waals surface area contributed by atoms with E-state index in [0.717, 1.165) is 5.56 Å². The number of amides is 4. The van der Waals surface area contributed by atoms with Crippen molar-refractivity contribution >= 4 is 29.7 Å². The van der Waals surface area contributed by atoms with Crippen LogP contribution in [0.15, 0.2) is 24.3 Å². The molecule has 0 spiro atoms. The molecule has 2 rings (SSSR count). The predicted molar refractivity (Wildman–Crippen MR) is 140 cm³/mol. The second-order valence-corrected chi connectivity index (χ2v) is 10.2. The van der Waals surface area contributed by atoms with Gasteiger partial charge in [0.25, 0.3) is 0 Å². The van der Waals surface area contributed by atoms with E-state index < -0.39 is 41.2 Å². The standard InChI is InChI=1S/C23H34N4O7.C3H8/c1-15(25-18(28)12-24-20(30)34-22(2,3)4)19(29)26-17-8-6-16(7-9-17)13-33-21(31)27(5)14-23(32)10-11-23;1-3-2/h6-9,15,32H,10-14H2,1-5H3,(H,24,30)(H,25,28)(H,26,29);3H2,1-2H3. The molecule has 1 aromatic rings. The molecule has 4 N–H and O–H groups in total. The molecule has 1 aliphatic carbocycles. The fraction of sp³-hybridized carbons (Fsp3) is 0.615. The molecule has 0 saturated heterocycles. The van der Waals surface area contributed by atoms with Gasteiger partial charge in [0, 0.05) is 12.7 Å². The molecule has 1 aliphatic rings. The van der Waals surface area contributed by atoms with Gasteiger partial charge in [-0.2, -0.15) is 0 Å². The Labute approximate surface area is 219 Å². The van der Waals surface area contributed by atoms with Crippen molar-refractivity contribution in [3.05, 3.63) is 29.8 Å². The lowest BCUT2D eigenvalue weighted by molar-refractivity contribution is -0.125. The van der Waals surface area contributed by atoms with Crippen LogP contribution >= 0.6 is 0 Å². The van der Waals surface area contributed by atoms with Crippen LogP contribution in [-0.4, -0.2) is 71.4 Å². The van der Waals surface area contributed by atoms with Gasteiger partial charge in [0.15, 0.2) is 0 Å². The molecule has 1 atom stereocenters. The molecule has 1 unspecified atom stereocenters. The minimum Gasteiger partial charge on any atom is -0.445 e. The Kier molecular flexibility index (Phi) is 12.3. The molecule has 0 aromatic heterocycles. The Morgan fingerprint density at radius 2 is 1.68 bits per heavy atom. The molecular formula is C26H42N4O7. The highest BCUT2D eigenvalue weighted by atomic mass is 16.6. The summed E-state index contributed by atoms with van der Waals surface area (Å²) in [5.74, 6) is -0.978. The average Bonchev–Trinajstić information content (AvgIpc) is 3.52. The first-order valence-corrected chi connectivity index (χ1v) is 12.4. The van der Waals surface area contributed by atoms with Gasteiger partial charge < -0.3 is 35.4 Å². The maximum absolute atomic E-state index is 12.3. The van der Waals surface area contributed by atoms with Gasteiger partial charge in [0.2, 0.25) is 11.8 Å². The Hall–Kier alpha value is -3.34. The molecule has 1 saturated carbocycles. The maximum Gasteiger partial charge on any atom is 0.409 e. The summed E-state index contributed by atoms with van der Waals surface area (Å²) in [7, 11) is 1.57. The number of likely N-dealkylation sites (N-methyl/N-ethyl adjacent to an activating group) is 1. The zero-order valence-electron chi connectivity index (χ0n) is 23.0. The van der Waals surface area contributed by atoms with Gasteiger partial charge in [-0.05, 0) is 58.2 Å². The molecule has 208 valence electrons. The highest BCUT2D eigenvalue weighted by Gasteiger charge is 2.42. The van der Waals surface area contributed by atoms with Crippen LogP contribution in [0.4, 0.5) is 15.3 Å². The van der Waals surface area contributed by atoms with E-state index in [1.807, 2.05) is 0 Å². The van der Waals surface area contributed by atoms with Gasteiger partial charge in [-0.25, -0.2) is 9.59 Å². The van der Waals surface area contributed by atoms with Crippen molar-refractivity contribution in [2.45, 2.75) is 84.7 Å². The van der Waals surface area contributed by atoms with Gasteiger partial charge in [-0.15, -0.1) is 0 Å². The minimum atomic E-state index is -0.842. The lowest BCUT2D eigenvalue weighted by Gasteiger charge is -2.20. The van der Waals surface area contributed by atoms with E-state index in [1.54, 1.807) is 52.1 Å². The second kappa shape index (κ2) is 14.4. The smallest absolute Gasteiger partial charge is 0.409 e. The number of hydrogen-bond acceptors (Lipinski definition) is 7. The first kappa shape index (κ1) is 31.7. The number of hydrogen-bond donors (Lipinski definition) is 4. The summed E-state index contributed by atoms with van der Waals surface area (Å²) in [6, 6.07) is 5.86. The monoisotopic (exact) mass is 522 g/mol. The molecule has 1 aromatic carbocycles. The predicted octanol–water partition coefficient (Wildman–Crippen LogP) is 3.16. The summed E-state index contributed by atoms with van der Waals surface area (Å²) in [6.07, 6.45) is 1.37. The van der Waals surface area contributed by atoms with Crippen LogP contribution in [-0.2, 0) is 25.7 Å². The number of carbonyl (C=O) groups is 4. The summed E-state index contributed by atoms with van der Waals surface area (Å²) in [5, 5.41) is 17.4. The lowest BCUT2D eigenvalue weighted by Crippen LogP contribution is -2.46. The topological polar surface area (TPSA) is 146 Å². The Bertz CT molecular complexity index is 908. The Morgan fingerprint density at radius 3 is 2.19 bits per heavy atom. The number of anilines is 1. The van der Waals surface area contributed by atoms with Gasteiger partial charge >= 0.3 is 12.2 Å². The summed E-state index contributed by atoms with van der Waals surface area (Å²) in [6.45, 7) is 10.9. The first-order valence-electron chi connectivity index (χ1n) is 12.4. The highest BCUT2D eigenvalue weighted by Crippen LogP contribution is 2.35. The van der Waals surface area contributed by atoms with Crippen molar-refractivity contribution < 1.29 is 33.8 Å². The van der Waals surface area contributed by atoms with E-state index in [1.165, 1.54) is 18.2 Å². The van der Waals surface area contributed by atoms with Crippen LogP contribution in [0.5, 0.6) is 0 Å². The zero-order valence-corrected chi connectivity index (χ0v) is 23.0. The number of ether oxygens (including phenoxy) is 2. The zero-order chi connectivity index (χ0) is 28.2. The Morgan fingerprint density at radius 1 is 1.11 bits per heavy atom. The Balaban J connectivity index is 0.00000217. The number of aliphatic hydroxyl groups is 1. The van der Waals surface area contributed by atoms with Crippen molar-refractivity contribution in [2.24, 2.45) is 0 Å². The molecule has 0 bridgehead atoms. The van der Waals surface area contributed by atoms with E-state index in [2.05, 4.69) is 29.8 Å². The molecular weight excluding hydrogens is 480 g/mol. The van der Waals surface area contributed by atoms with Crippen LogP contribution < -0.4 is 16.0 Å². The summed E-state index contributed by atoms with van der Waals surface area (Å²) >= 11 is 0. The van der Waals surface area contributed by atoms with Gasteiger partial charge in [0.1, 0.15) is 24.8 Å². The molecule has 37 heavy (non-hydrogen) atoms. The van der Waals surface area contributed by atoms with Crippen molar-refractivity contribution in [3.8, 4) is 0 Å². The third kappa shape index (κ3) is 13.5. The molecule has 1 fully saturated rings. The maximum atomic E-state index is 12.3. The summed E-state index contributed by atoms with van der Waals surface area (Å²) < 4.78 is 10.3. The fourth-order valence-corrected chi connectivity index (χ4v) is 2.82. The summed E-state index contributed by atoms with van der Waals surface area (Å²) in [5.41, 5.74) is -0.236.